The molecule has 0 aromatic rings. The molecule has 104 valence electrons. The minimum absolute atomic E-state index is 0.132. The van der Waals surface area contributed by atoms with E-state index in [-0.39, 0.29) is 17.6 Å². The molecule has 2 saturated heterocycles. The Hall–Kier alpha value is -1.30. The van der Waals surface area contributed by atoms with E-state index >= 15 is 0 Å². The van der Waals surface area contributed by atoms with Gasteiger partial charge < -0.3 is 20.2 Å². The second-order valence-electron chi connectivity index (χ2n) is 6.61. The summed E-state index contributed by atoms with van der Waals surface area (Å²) in [6.07, 6.45) is 2.91. The fourth-order valence-electron chi connectivity index (χ4n) is 4.63. The van der Waals surface area contributed by atoms with Crippen LogP contribution in [0.3, 0.4) is 0 Å². The minimum Gasteiger partial charge on any atom is -0.481 e. The maximum Gasteiger partial charge on any atom is 0.320 e. The smallest absolute Gasteiger partial charge is 0.320 e. The van der Waals surface area contributed by atoms with Crippen LogP contribution >= 0.6 is 0 Å². The van der Waals surface area contributed by atoms with Crippen LogP contribution in [0.15, 0.2) is 0 Å². The molecule has 0 spiro atoms. The van der Waals surface area contributed by atoms with Crippen molar-refractivity contribution in [1.82, 2.24) is 15.1 Å². The lowest BCUT2D eigenvalue weighted by Gasteiger charge is -2.49. The maximum absolute atomic E-state index is 12.5. The number of carbonyl (C=O) groups is 2. The van der Waals surface area contributed by atoms with E-state index in [0.29, 0.717) is 12.8 Å². The number of nitrogens with zero attached hydrogens (tertiary/aromatic N) is 2. The Morgan fingerprint density at radius 2 is 2.16 bits per heavy atom. The summed E-state index contributed by atoms with van der Waals surface area (Å²) in [5.41, 5.74) is -0.672. The monoisotopic (exact) mass is 265 g/mol. The number of rotatable bonds is 2. The third kappa shape index (κ3) is 1.30. The topological polar surface area (TPSA) is 72.9 Å². The van der Waals surface area contributed by atoms with Gasteiger partial charge in [-0.25, -0.2) is 4.79 Å². The van der Waals surface area contributed by atoms with Gasteiger partial charge in [0.15, 0.2) is 0 Å². The van der Waals surface area contributed by atoms with Crippen LogP contribution in [0.1, 0.15) is 25.7 Å². The summed E-state index contributed by atoms with van der Waals surface area (Å²) < 4.78 is 0. The molecule has 3 saturated carbocycles. The minimum atomic E-state index is -0.674. The van der Waals surface area contributed by atoms with Crippen LogP contribution in [-0.2, 0) is 4.79 Å². The first-order valence-electron chi connectivity index (χ1n) is 7.09. The third-order valence-electron chi connectivity index (χ3n) is 5.65. The molecule has 0 radical (unpaired) electrons. The number of carboxylic acids is 1. The van der Waals surface area contributed by atoms with Crippen molar-refractivity contribution < 1.29 is 14.7 Å². The fourth-order valence-corrected chi connectivity index (χ4v) is 4.63. The summed E-state index contributed by atoms with van der Waals surface area (Å²) in [7, 11) is 0. The molecule has 19 heavy (non-hydrogen) atoms. The zero-order chi connectivity index (χ0) is 13.3. The van der Waals surface area contributed by atoms with E-state index in [9.17, 15) is 14.7 Å². The van der Waals surface area contributed by atoms with Crippen molar-refractivity contribution in [2.45, 2.75) is 37.3 Å². The SMILES string of the molecule is O=C1N2CCNC[C@H]2CN1C12CCC(C(=O)O)(C1)C2. The van der Waals surface area contributed by atoms with Crippen LogP contribution in [0, 0.1) is 5.41 Å². The van der Waals surface area contributed by atoms with Gasteiger partial charge in [-0.05, 0) is 25.7 Å². The van der Waals surface area contributed by atoms with Gasteiger partial charge in [0, 0.05) is 31.7 Å². The number of urea groups is 1. The van der Waals surface area contributed by atoms with E-state index in [2.05, 4.69) is 5.32 Å². The summed E-state index contributed by atoms with van der Waals surface area (Å²) in [4.78, 5) is 27.8. The molecule has 2 N–H and O–H groups in total. The zero-order valence-electron chi connectivity index (χ0n) is 10.9. The Labute approximate surface area is 111 Å². The highest BCUT2D eigenvalue weighted by atomic mass is 16.4. The molecule has 0 aromatic heterocycles. The standard InChI is InChI=1S/C13H19N3O3/c17-10(18)12-1-2-13(7-12,8-12)16-6-9-5-14-3-4-15(9)11(16)19/h9,14H,1-8H2,(H,17,18)/t9-,12?,13?/m0/s1. The number of nitrogens with one attached hydrogen (secondary N) is 1. The highest BCUT2D eigenvalue weighted by molar-refractivity contribution is 5.82. The molecule has 2 heterocycles. The Morgan fingerprint density at radius 3 is 2.79 bits per heavy atom. The number of hydrogen-bond donors (Lipinski definition) is 2. The van der Waals surface area contributed by atoms with Gasteiger partial charge in [0.1, 0.15) is 0 Å². The molecule has 3 aliphatic carbocycles. The molecule has 5 rings (SSSR count). The van der Waals surface area contributed by atoms with Crippen molar-refractivity contribution in [2.75, 3.05) is 26.2 Å². The lowest BCUT2D eigenvalue weighted by atomic mass is 9.64. The van der Waals surface area contributed by atoms with Gasteiger partial charge in [0.05, 0.1) is 11.5 Å². The van der Waals surface area contributed by atoms with Crippen molar-refractivity contribution in [2.24, 2.45) is 5.41 Å². The van der Waals surface area contributed by atoms with Gasteiger partial charge in [0.25, 0.3) is 0 Å². The third-order valence-corrected chi connectivity index (χ3v) is 5.65. The number of aliphatic carboxylic acids is 1. The molecule has 0 aromatic carbocycles. The van der Waals surface area contributed by atoms with Crippen molar-refractivity contribution >= 4 is 12.0 Å². The molecule has 1 atom stereocenters. The zero-order valence-corrected chi connectivity index (χ0v) is 10.9. The van der Waals surface area contributed by atoms with Crippen molar-refractivity contribution in [3.8, 4) is 0 Å². The fraction of sp³-hybridized carbons (Fsp3) is 0.846. The number of hydrogen-bond acceptors (Lipinski definition) is 3. The van der Waals surface area contributed by atoms with Crippen LogP contribution in [0.25, 0.3) is 0 Å². The van der Waals surface area contributed by atoms with E-state index in [4.69, 9.17) is 0 Å². The summed E-state index contributed by atoms with van der Waals surface area (Å²) in [6.45, 7) is 3.27. The van der Waals surface area contributed by atoms with E-state index in [1.165, 1.54) is 0 Å². The predicted molar refractivity (Wildman–Crippen MR) is 66.7 cm³/mol. The quantitative estimate of drug-likeness (QED) is 0.742. The first-order chi connectivity index (χ1) is 9.06. The summed E-state index contributed by atoms with van der Waals surface area (Å²) >= 11 is 0. The number of carbonyl (C=O) groups excluding carboxylic acids is 1. The molecule has 5 aliphatic rings. The van der Waals surface area contributed by atoms with E-state index in [1.54, 1.807) is 0 Å². The lowest BCUT2D eigenvalue weighted by molar-refractivity contribution is -0.157. The normalized spacial score (nSPS) is 44.2. The first kappa shape index (κ1) is 11.5. The van der Waals surface area contributed by atoms with Crippen LogP contribution in [0.2, 0.25) is 0 Å². The average Bonchev–Trinajstić information content (AvgIpc) is 3.00. The molecular formula is C13H19N3O3. The van der Waals surface area contributed by atoms with Gasteiger partial charge in [0.2, 0.25) is 0 Å². The van der Waals surface area contributed by atoms with Crippen LogP contribution in [0.4, 0.5) is 4.79 Å². The average molecular weight is 265 g/mol. The van der Waals surface area contributed by atoms with Gasteiger partial charge in [-0.15, -0.1) is 0 Å². The summed E-state index contributed by atoms with van der Waals surface area (Å²) in [5, 5.41) is 12.6. The molecule has 2 amide bonds. The Bertz CT molecular complexity index is 458. The number of piperazine rings is 1. The van der Waals surface area contributed by atoms with Crippen LogP contribution < -0.4 is 5.32 Å². The largest absolute Gasteiger partial charge is 0.481 e. The van der Waals surface area contributed by atoms with Crippen molar-refractivity contribution in [3.63, 3.8) is 0 Å². The second kappa shape index (κ2) is 3.42. The van der Waals surface area contributed by atoms with Gasteiger partial charge >= 0.3 is 12.0 Å². The van der Waals surface area contributed by atoms with Gasteiger partial charge in [-0.2, -0.15) is 0 Å². The number of amides is 2. The van der Waals surface area contributed by atoms with E-state index in [0.717, 1.165) is 39.0 Å². The molecule has 5 fully saturated rings. The first-order valence-corrected chi connectivity index (χ1v) is 7.09. The number of carboxylic acid groups (broad SMARTS) is 1. The Kier molecular flexibility index (Phi) is 2.07. The lowest BCUT2D eigenvalue weighted by Crippen LogP contribution is -2.59. The van der Waals surface area contributed by atoms with Crippen molar-refractivity contribution in [1.29, 1.82) is 0 Å². The summed E-state index contributed by atoms with van der Waals surface area (Å²) in [5.74, 6) is -0.674. The van der Waals surface area contributed by atoms with Crippen LogP contribution in [0.5, 0.6) is 0 Å². The number of fused-ring (bicyclic) bond motifs is 2. The van der Waals surface area contributed by atoms with E-state index in [1.807, 2.05) is 9.80 Å². The maximum atomic E-state index is 12.5. The highest BCUT2D eigenvalue weighted by Gasteiger charge is 2.69. The van der Waals surface area contributed by atoms with Crippen molar-refractivity contribution in [3.05, 3.63) is 0 Å². The molecule has 6 heteroatoms. The second-order valence-corrected chi connectivity index (χ2v) is 6.61. The Balaban J connectivity index is 1.56. The predicted octanol–water partition coefficient (Wildman–Crippen LogP) is 0.0932. The van der Waals surface area contributed by atoms with E-state index < -0.39 is 11.4 Å². The highest BCUT2D eigenvalue weighted by Crippen LogP contribution is 2.64. The molecule has 6 nitrogen and oxygen atoms in total. The Morgan fingerprint density at radius 1 is 1.37 bits per heavy atom. The molecule has 2 bridgehead atoms. The van der Waals surface area contributed by atoms with Gasteiger partial charge in [-0.1, -0.05) is 0 Å². The van der Waals surface area contributed by atoms with Crippen LogP contribution in [-0.4, -0.2) is 64.7 Å². The molecule has 0 unspecified atom stereocenters. The summed E-state index contributed by atoms with van der Waals surface area (Å²) in [6, 6.07) is 0.406. The van der Waals surface area contributed by atoms with Gasteiger partial charge in [-0.3, -0.25) is 4.79 Å². The molecule has 2 aliphatic heterocycles. The molecular weight excluding hydrogens is 246 g/mol.